The summed E-state index contributed by atoms with van der Waals surface area (Å²) in [7, 11) is 0. The van der Waals surface area contributed by atoms with Gasteiger partial charge >= 0.3 is 6.18 Å². The Kier molecular flexibility index (Phi) is 3.17. The lowest BCUT2D eigenvalue weighted by atomic mass is 10.1. The predicted octanol–water partition coefficient (Wildman–Crippen LogP) is 3.10. The highest BCUT2D eigenvalue weighted by molar-refractivity contribution is 4.88. The Hall–Kier alpha value is -0.680. The van der Waals surface area contributed by atoms with Crippen LogP contribution in [0.25, 0.3) is 0 Å². The molecule has 0 aliphatic carbocycles. The third-order valence-electron chi connectivity index (χ3n) is 1.07. The normalized spacial score (nSPS) is 15.8. The SMILES string of the molecule is C=CCC(F)(F)C(F)C(F)(F)F. The smallest absolute Gasteiger partial charge is 0.231 e. The maximum Gasteiger partial charge on any atom is 0.425 e. The zero-order chi connectivity index (χ0) is 9.99. The molecule has 1 unspecified atom stereocenters. The largest absolute Gasteiger partial charge is 0.425 e. The van der Waals surface area contributed by atoms with Gasteiger partial charge in [0.15, 0.2) is 0 Å². The molecule has 0 fully saturated rings. The summed E-state index contributed by atoms with van der Waals surface area (Å²) in [4.78, 5) is 0. The summed E-state index contributed by atoms with van der Waals surface area (Å²) in [5.74, 6) is -4.42. The van der Waals surface area contributed by atoms with E-state index in [1.807, 2.05) is 0 Å². The van der Waals surface area contributed by atoms with Crippen molar-refractivity contribution in [1.29, 1.82) is 0 Å². The van der Waals surface area contributed by atoms with Gasteiger partial charge in [0.25, 0.3) is 12.1 Å². The fraction of sp³-hybridized carbons (Fsp3) is 0.667. The van der Waals surface area contributed by atoms with Crippen molar-refractivity contribution in [2.45, 2.75) is 24.7 Å². The van der Waals surface area contributed by atoms with E-state index in [1.54, 1.807) is 0 Å². The quantitative estimate of drug-likeness (QED) is 0.476. The molecule has 0 amide bonds. The summed E-state index contributed by atoms with van der Waals surface area (Å²) in [6.45, 7) is 2.80. The first-order chi connectivity index (χ1) is 5.22. The molecule has 1 atom stereocenters. The van der Waals surface area contributed by atoms with E-state index in [4.69, 9.17) is 0 Å². The second-order valence-corrected chi connectivity index (χ2v) is 2.16. The zero-order valence-electron chi connectivity index (χ0n) is 5.84. The summed E-state index contributed by atoms with van der Waals surface area (Å²) >= 11 is 0. The van der Waals surface area contributed by atoms with Crippen LogP contribution in [-0.4, -0.2) is 18.3 Å². The molecule has 72 valence electrons. The van der Waals surface area contributed by atoms with Gasteiger partial charge in [0.1, 0.15) is 0 Å². The van der Waals surface area contributed by atoms with Crippen LogP contribution in [-0.2, 0) is 0 Å². The molecule has 0 aromatic carbocycles. The van der Waals surface area contributed by atoms with E-state index >= 15 is 0 Å². The van der Waals surface area contributed by atoms with Crippen LogP contribution in [0.5, 0.6) is 0 Å². The number of rotatable bonds is 3. The molecule has 0 aromatic rings. The summed E-state index contributed by atoms with van der Waals surface area (Å²) in [6.07, 6.45) is -10.4. The molecule has 0 N–H and O–H groups in total. The molecule has 0 aliphatic heterocycles. The van der Waals surface area contributed by atoms with Crippen molar-refractivity contribution in [3.05, 3.63) is 12.7 Å². The Morgan fingerprint density at radius 2 is 1.58 bits per heavy atom. The van der Waals surface area contributed by atoms with E-state index in [0.29, 0.717) is 6.08 Å². The molecule has 0 heterocycles. The number of hydrogen-bond acceptors (Lipinski definition) is 0. The van der Waals surface area contributed by atoms with Crippen LogP contribution in [0.1, 0.15) is 6.42 Å². The van der Waals surface area contributed by atoms with Gasteiger partial charge in [-0.25, -0.2) is 13.2 Å². The highest BCUT2D eigenvalue weighted by atomic mass is 19.4. The summed E-state index contributed by atoms with van der Waals surface area (Å²) in [5, 5.41) is 0. The maximum atomic E-state index is 12.1. The van der Waals surface area contributed by atoms with Crippen LogP contribution in [0.4, 0.5) is 26.3 Å². The molecule has 0 saturated heterocycles. The maximum absolute atomic E-state index is 12.1. The van der Waals surface area contributed by atoms with Crippen molar-refractivity contribution >= 4 is 0 Å². The molecule has 0 aliphatic rings. The number of alkyl halides is 6. The van der Waals surface area contributed by atoms with Crippen LogP contribution in [0.15, 0.2) is 12.7 Å². The summed E-state index contributed by atoms with van der Waals surface area (Å²) in [6, 6.07) is 0. The van der Waals surface area contributed by atoms with Gasteiger partial charge in [-0.05, 0) is 0 Å². The van der Waals surface area contributed by atoms with E-state index < -0.39 is 24.7 Å². The fourth-order valence-corrected chi connectivity index (χ4v) is 0.535. The molecule has 0 radical (unpaired) electrons. The Morgan fingerprint density at radius 1 is 1.17 bits per heavy atom. The van der Waals surface area contributed by atoms with E-state index in [1.165, 1.54) is 0 Å². The third kappa shape index (κ3) is 2.75. The highest BCUT2D eigenvalue weighted by Crippen LogP contribution is 2.36. The second kappa shape index (κ2) is 3.37. The molecule has 0 rings (SSSR count). The average Bonchev–Trinajstić information content (AvgIpc) is 1.84. The lowest BCUT2D eigenvalue weighted by Crippen LogP contribution is -2.41. The van der Waals surface area contributed by atoms with Gasteiger partial charge < -0.3 is 0 Å². The zero-order valence-corrected chi connectivity index (χ0v) is 5.84. The van der Waals surface area contributed by atoms with Crippen LogP contribution in [0.2, 0.25) is 0 Å². The number of halogens is 6. The van der Waals surface area contributed by atoms with Crippen molar-refractivity contribution in [3.8, 4) is 0 Å². The van der Waals surface area contributed by atoms with Crippen molar-refractivity contribution in [2.24, 2.45) is 0 Å². The molecule has 6 heteroatoms. The van der Waals surface area contributed by atoms with Gasteiger partial charge in [0.2, 0.25) is 0 Å². The molecule has 12 heavy (non-hydrogen) atoms. The van der Waals surface area contributed by atoms with Gasteiger partial charge in [-0.15, -0.1) is 6.58 Å². The van der Waals surface area contributed by atoms with Crippen molar-refractivity contribution in [1.82, 2.24) is 0 Å². The van der Waals surface area contributed by atoms with Crippen LogP contribution >= 0.6 is 0 Å². The highest BCUT2D eigenvalue weighted by Gasteiger charge is 2.55. The second-order valence-electron chi connectivity index (χ2n) is 2.16. The Morgan fingerprint density at radius 3 is 1.83 bits per heavy atom. The third-order valence-corrected chi connectivity index (χ3v) is 1.07. The molecule has 0 spiro atoms. The summed E-state index contributed by atoms with van der Waals surface area (Å²) in [5.41, 5.74) is 0. The fourth-order valence-electron chi connectivity index (χ4n) is 0.535. The first-order valence-electron chi connectivity index (χ1n) is 2.91. The average molecular weight is 192 g/mol. The van der Waals surface area contributed by atoms with Gasteiger partial charge in [-0.1, -0.05) is 6.08 Å². The van der Waals surface area contributed by atoms with Crippen LogP contribution in [0.3, 0.4) is 0 Å². The first kappa shape index (κ1) is 11.3. The molecule has 0 nitrogen and oxygen atoms in total. The van der Waals surface area contributed by atoms with Gasteiger partial charge in [-0.3, -0.25) is 0 Å². The van der Waals surface area contributed by atoms with E-state index in [9.17, 15) is 26.3 Å². The molecule has 0 bridgehead atoms. The van der Waals surface area contributed by atoms with Crippen LogP contribution < -0.4 is 0 Å². The Labute approximate surface area is 64.9 Å². The minimum absolute atomic E-state index is 0.540. The van der Waals surface area contributed by atoms with Gasteiger partial charge in [0.05, 0.1) is 0 Å². The van der Waals surface area contributed by atoms with E-state index in [2.05, 4.69) is 6.58 Å². The minimum Gasteiger partial charge on any atom is -0.231 e. The number of hydrogen-bond donors (Lipinski definition) is 0. The topological polar surface area (TPSA) is 0 Å². The van der Waals surface area contributed by atoms with Gasteiger partial charge in [-0.2, -0.15) is 13.2 Å². The molecular weight excluding hydrogens is 186 g/mol. The lowest BCUT2D eigenvalue weighted by Gasteiger charge is -2.20. The monoisotopic (exact) mass is 192 g/mol. The van der Waals surface area contributed by atoms with Crippen molar-refractivity contribution in [2.75, 3.05) is 0 Å². The van der Waals surface area contributed by atoms with E-state index in [0.717, 1.165) is 0 Å². The van der Waals surface area contributed by atoms with Gasteiger partial charge in [0, 0.05) is 6.42 Å². The van der Waals surface area contributed by atoms with Crippen LogP contribution in [0, 0.1) is 0 Å². The molecular formula is C6H6F6. The summed E-state index contributed by atoms with van der Waals surface area (Å²) < 4.78 is 70.4. The Balaban J connectivity index is 4.44. The van der Waals surface area contributed by atoms with Crippen molar-refractivity contribution < 1.29 is 26.3 Å². The van der Waals surface area contributed by atoms with E-state index in [-0.39, 0.29) is 0 Å². The molecule has 0 aromatic heterocycles. The molecule has 0 saturated carbocycles. The standard InChI is InChI=1S/C6H6F6/c1-2-3-5(8,9)4(7)6(10,11)12/h2,4H,1,3H2. The minimum atomic E-state index is -5.52. The predicted molar refractivity (Wildman–Crippen MR) is 30.7 cm³/mol. The first-order valence-corrected chi connectivity index (χ1v) is 2.91. The lowest BCUT2D eigenvalue weighted by molar-refractivity contribution is -0.243. The Bertz CT molecular complexity index is 158. The number of allylic oxidation sites excluding steroid dienone is 1. The van der Waals surface area contributed by atoms with Crippen molar-refractivity contribution in [3.63, 3.8) is 0 Å².